The summed E-state index contributed by atoms with van der Waals surface area (Å²) in [6, 6.07) is 0. The van der Waals surface area contributed by atoms with Gasteiger partial charge in [0.15, 0.2) is 5.69 Å². The van der Waals surface area contributed by atoms with Gasteiger partial charge in [0.1, 0.15) is 4.81 Å². The van der Waals surface area contributed by atoms with Gasteiger partial charge in [-0.25, -0.2) is 9.78 Å². The van der Waals surface area contributed by atoms with Crippen molar-refractivity contribution >= 4 is 85.3 Å². The highest BCUT2D eigenvalue weighted by Crippen LogP contribution is 2.49. The lowest BCUT2D eigenvalue weighted by Crippen LogP contribution is -2.12. The van der Waals surface area contributed by atoms with Crippen molar-refractivity contribution in [2.75, 3.05) is 7.11 Å². The van der Waals surface area contributed by atoms with Crippen molar-refractivity contribution in [2.45, 2.75) is 4.81 Å². The molecule has 0 aromatic carbocycles. The molecule has 1 rings (SSSR count). The first kappa shape index (κ1) is 15.1. The van der Waals surface area contributed by atoms with Gasteiger partial charge in [-0.1, -0.05) is 67.8 Å². The van der Waals surface area contributed by atoms with E-state index in [0.717, 1.165) is 0 Å². The van der Waals surface area contributed by atoms with Crippen LogP contribution in [0, 0.1) is 0 Å². The van der Waals surface area contributed by atoms with Crippen molar-refractivity contribution in [3.63, 3.8) is 0 Å². The zero-order valence-electron chi connectivity index (χ0n) is 7.95. The topological polar surface area (TPSA) is 52.1 Å². The van der Waals surface area contributed by atoms with Gasteiger partial charge in [0.25, 0.3) is 0 Å². The third-order valence-electron chi connectivity index (χ3n) is 1.61. The summed E-state index contributed by atoms with van der Waals surface area (Å²) in [5, 5.41) is -0.284. The maximum atomic E-state index is 11.1. The summed E-state index contributed by atoms with van der Waals surface area (Å²) in [6.07, 6.45) is 2.86. The number of carbonyl (C=O) groups excluding carboxylic acids is 1. The molecular formula is C8H6ClI3N2O2. The van der Waals surface area contributed by atoms with Crippen LogP contribution in [0.25, 0.3) is 0 Å². The first-order chi connectivity index (χ1) is 7.36. The molecule has 1 atom stereocenters. The molecule has 0 fully saturated rings. The Labute approximate surface area is 139 Å². The minimum atomic E-state index is -0.505. The number of rotatable bonds is 3. The molecule has 1 aromatic rings. The fourth-order valence-electron chi connectivity index (χ4n) is 0.847. The molecule has 88 valence electrons. The predicted molar refractivity (Wildman–Crippen MR) is 86.8 cm³/mol. The molecule has 0 aliphatic carbocycles. The molecule has 0 aliphatic rings. The number of hydrogen-bond acceptors (Lipinski definition) is 4. The Balaban J connectivity index is 2.91. The summed E-state index contributed by atoms with van der Waals surface area (Å²) in [4.78, 5) is 19.2. The van der Waals surface area contributed by atoms with Crippen molar-refractivity contribution in [3.05, 3.63) is 23.8 Å². The van der Waals surface area contributed by atoms with Crippen LogP contribution in [0.2, 0.25) is 0 Å². The molecule has 0 amide bonds. The average Bonchev–Trinajstić information content (AvgIpc) is 2.26. The second-order valence-corrected chi connectivity index (χ2v) is 14.5. The molecule has 0 spiro atoms. The summed E-state index contributed by atoms with van der Waals surface area (Å²) in [7, 11) is 1.30. The number of esters is 1. The highest BCUT2D eigenvalue weighted by Gasteiger charge is 2.31. The van der Waals surface area contributed by atoms with E-state index in [0.29, 0.717) is 5.69 Å². The lowest BCUT2D eigenvalue weighted by Gasteiger charge is -2.18. The largest absolute Gasteiger partial charge is 0.464 e. The van der Waals surface area contributed by atoms with E-state index in [1.165, 1.54) is 19.5 Å². The standard InChI is InChI=1S/C8H6ClI3N2O2/c1-16-7(15)5-3-13-4(2-14-5)6(9)8(10,11)12/h2-3,6H,1H3. The molecule has 0 saturated heterocycles. The van der Waals surface area contributed by atoms with E-state index in [4.69, 9.17) is 11.6 Å². The first-order valence-electron chi connectivity index (χ1n) is 3.97. The van der Waals surface area contributed by atoms with Crippen molar-refractivity contribution in [1.82, 2.24) is 9.97 Å². The molecule has 1 unspecified atom stereocenters. The number of nitrogens with zero attached hydrogens (tertiary/aromatic N) is 2. The van der Waals surface area contributed by atoms with Crippen LogP contribution in [0.1, 0.15) is 21.6 Å². The average molecular weight is 578 g/mol. The normalized spacial score (nSPS) is 13.3. The number of methoxy groups -OCH3 is 1. The molecule has 0 saturated carbocycles. The second kappa shape index (κ2) is 6.27. The Hall–Kier alpha value is 1.03. The van der Waals surface area contributed by atoms with Gasteiger partial charge >= 0.3 is 5.97 Å². The van der Waals surface area contributed by atoms with Gasteiger partial charge in [0.05, 0.1) is 25.2 Å². The Morgan fingerprint density at radius 1 is 1.44 bits per heavy atom. The SMILES string of the molecule is COC(=O)c1cnc(C(Cl)C(I)(I)I)cn1. The van der Waals surface area contributed by atoms with Crippen LogP contribution in [-0.2, 0) is 4.74 Å². The van der Waals surface area contributed by atoms with E-state index in [-0.39, 0.29) is 10.5 Å². The van der Waals surface area contributed by atoms with Crippen LogP contribution in [0.15, 0.2) is 12.4 Å². The third-order valence-corrected chi connectivity index (χ3v) is 5.14. The Morgan fingerprint density at radius 3 is 2.44 bits per heavy atom. The predicted octanol–water partition coefficient (Wildman–Crippen LogP) is 3.50. The summed E-state index contributed by atoms with van der Waals surface area (Å²) in [5.74, 6) is -0.505. The molecule has 16 heavy (non-hydrogen) atoms. The van der Waals surface area contributed by atoms with Crippen molar-refractivity contribution in [3.8, 4) is 0 Å². The Bertz CT molecular complexity index is 380. The van der Waals surface area contributed by atoms with Crippen molar-refractivity contribution in [2.24, 2.45) is 0 Å². The fourth-order valence-corrected chi connectivity index (χ4v) is 1.92. The molecule has 0 radical (unpaired) electrons. The number of alkyl halides is 4. The summed E-state index contributed by atoms with van der Waals surface area (Å²) >= 11 is 12.9. The molecule has 1 aromatic heterocycles. The van der Waals surface area contributed by atoms with Gasteiger partial charge in [-0.05, 0) is 0 Å². The number of ether oxygens (including phenoxy) is 1. The molecule has 8 heteroatoms. The van der Waals surface area contributed by atoms with Gasteiger partial charge < -0.3 is 4.74 Å². The highest BCUT2D eigenvalue weighted by molar-refractivity contribution is 14.3. The van der Waals surface area contributed by atoms with Gasteiger partial charge in [-0.2, -0.15) is 0 Å². The van der Waals surface area contributed by atoms with Gasteiger partial charge in [-0.3, -0.25) is 4.98 Å². The zero-order valence-corrected chi connectivity index (χ0v) is 15.2. The fraction of sp³-hybridized carbons (Fsp3) is 0.375. The minimum absolute atomic E-state index is 0.177. The maximum absolute atomic E-state index is 11.1. The number of hydrogen-bond donors (Lipinski definition) is 0. The van der Waals surface area contributed by atoms with E-state index in [2.05, 4.69) is 82.5 Å². The molecular weight excluding hydrogens is 572 g/mol. The Kier molecular flexibility index (Phi) is 5.91. The maximum Gasteiger partial charge on any atom is 0.358 e. The van der Waals surface area contributed by atoms with Crippen LogP contribution in [0.3, 0.4) is 0 Å². The van der Waals surface area contributed by atoms with Crippen molar-refractivity contribution in [1.29, 1.82) is 0 Å². The van der Waals surface area contributed by atoms with Crippen LogP contribution < -0.4 is 0 Å². The van der Waals surface area contributed by atoms with Crippen LogP contribution in [0.5, 0.6) is 0 Å². The zero-order chi connectivity index (χ0) is 12.3. The van der Waals surface area contributed by atoms with Crippen LogP contribution in [-0.4, -0.2) is 22.5 Å². The van der Waals surface area contributed by atoms with E-state index < -0.39 is 5.97 Å². The number of halogens is 4. The van der Waals surface area contributed by atoms with Crippen LogP contribution >= 0.6 is 79.4 Å². The number of aromatic nitrogens is 2. The molecule has 0 bridgehead atoms. The Morgan fingerprint density at radius 2 is 2.06 bits per heavy atom. The molecule has 1 heterocycles. The summed E-state index contributed by atoms with van der Waals surface area (Å²) < 4.78 is 4.33. The van der Waals surface area contributed by atoms with Crippen LogP contribution in [0.4, 0.5) is 0 Å². The second-order valence-electron chi connectivity index (χ2n) is 2.72. The van der Waals surface area contributed by atoms with Crippen molar-refractivity contribution < 1.29 is 9.53 Å². The molecule has 0 N–H and O–H groups in total. The monoisotopic (exact) mass is 578 g/mol. The van der Waals surface area contributed by atoms with E-state index in [1.54, 1.807) is 0 Å². The summed E-state index contributed by atoms with van der Waals surface area (Å²) in [5.41, 5.74) is 0.809. The van der Waals surface area contributed by atoms with E-state index >= 15 is 0 Å². The lowest BCUT2D eigenvalue weighted by molar-refractivity contribution is 0.0593. The molecule has 0 aliphatic heterocycles. The number of carbonyl (C=O) groups is 1. The minimum Gasteiger partial charge on any atom is -0.464 e. The molecule has 4 nitrogen and oxygen atoms in total. The smallest absolute Gasteiger partial charge is 0.358 e. The van der Waals surface area contributed by atoms with Gasteiger partial charge in [0.2, 0.25) is 0 Å². The van der Waals surface area contributed by atoms with E-state index in [9.17, 15) is 4.79 Å². The summed E-state index contributed by atoms with van der Waals surface area (Å²) in [6.45, 7) is 0. The highest BCUT2D eigenvalue weighted by atomic mass is 127. The van der Waals surface area contributed by atoms with Gasteiger partial charge in [0, 0.05) is 0 Å². The van der Waals surface area contributed by atoms with Gasteiger partial charge in [-0.15, -0.1) is 11.6 Å². The van der Waals surface area contributed by atoms with E-state index in [1.807, 2.05) is 0 Å². The quantitative estimate of drug-likeness (QED) is 0.313. The lowest BCUT2D eigenvalue weighted by atomic mass is 10.3. The first-order valence-corrected chi connectivity index (χ1v) is 7.64. The third kappa shape index (κ3) is 4.05.